The van der Waals surface area contributed by atoms with Crippen molar-refractivity contribution in [3.05, 3.63) is 45.2 Å². The number of nitro groups is 1. The molecular weight excluding hydrogens is 318 g/mol. The standard InChI is InChI=1S/C10H8BrN5O3/c11-7-3-1-2-4-8(7)13-9(17)5-15-6-12-10(14-15)16(18)19/h1-4,6H,5H2,(H,13,17). The van der Waals surface area contributed by atoms with Crippen molar-refractivity contribution in [3.8, 4) is 0 Å². The second-order valence-corrected chi connectivity index (χ2v) is 4.38. The summed E-state index contributed by atoms with van der Waals surface area (Å²) >= 11 is 3.29. The number of amides is 1. The van der Waals surface area contributed by atoms with Gasteiger partial charge in [-0.25, -0.2) is 0 Å². The fraction of sp³-hybridized carbons (Fsp3) is 0.100. The highest BCUT2D eigenvalue weighted by molar-refractivity contribution is 9.10. The van der Waals surface area contributed by atoms with E-state index < -0.39 is 10.9 Å². The zero-order valence-corrected chi connectivity index (χ0v) is 11.1. The lowest BCUT2D eigenvalue weighted by Crippen LogP contribution is -2.19. The third kappa shape index (κ3) is 3.35. The Kier molecular flexibility index (Phi) is 3.85. The molecule has 1 amide bonds. The summed E-state index contributed by atoms with van der Waals surface area (Å²) in [4.78, 5) is 24.9. The molecule has 0 radical (unpaired) electrons. The number of carbonyl (C=O) groups is 1. The van der Waals surface area contributed by atoms with E-state index in [1.807, 2.05) is 6.07 Å². The average molecular weight is 326 g/mol. The van der Waals surface area contributed by atoms with Crippen molar-refractivity contribution >= 4 is 33.5 Å². The van der Waals surface area contributed by atoms with Crippen molar-refractivity contribution in [1.82, 2.24) is 14.8 Å². The second-order valence-electron chi connectivity index (χ2n) is 3.53. The Morgan fingerprint density at radius 2 is 2.21 bits per heavy atom. The molecular formula is C10H8BrN5O3. The molecule has 0 fully saturated rings. The van der Waals surface area contributed by atoms with Gasteiger partial charge in [-0.2, -0.15) is 4.68 Å². The van der Waals surface area contributed by atoms with Crippen molar-refractivity contribution in [2.24, 2.45) is 0 Å². The van der Waals surface area contributed by atoms with Gasteiger partial charge < -0.3 is 15.4 Å². The number of nitrogens with one attached hydrogen (secondary N) is 1. The summed E-state index contributed by atoms with van der Waals surface area (Å²) in [5, 5.41) is 16.6. The molecule has 0 atom stereocenters. The van der Waals surface area contributed by atoms with Gasteiger partial charge in [0.15, 0.2) is 0 Å². The minimum absolute atomic E-state index is 0.151. The van der Waals surface area contributed by atoms with Gasteiger partial charge in [0.05, 0.1) is 5.69 Å². The van der Waals surface area contributed by atoms with Gasteiger partial charge in [0.2, 0.25) is 12.2 Å². The van der Waals surface area contributed by atoms with E-state index in [-0.39, 0.29) is 12.5 Å². The number of hydrogen-bond donors (Lipinski definition) is 1. The van der Waals surface area contributed by atoms with E-state index in [9.17, 15) is 14.9 Å². The molecule has 0 aliphatic heterocycles. The number of halogens is 1. The number of rotatable bonds is 4. The normalized spacial score (nSPS) is 10.2. The summed E-state index contributed by atoms with van der Waals surface area (Å²) in [6.07, 6.45) is 1.14. The Hall–Kier alpha value is -2.29. The van der Waals surface area contributed by atoms with Crippen LogP contribution in [-0.4, -0.2) is 25.6 Å². The molecule has 19 heavy (non-hydrogen) atoms. The second kappa shape index (κ2) is 5.57. The average Bonchev–Trinajstić information content (AvgIpc) is 2.80. The Bertz CT molecular complexity index is 627. The van der Waals surface area contributed by atoms with Crippen LogP contribution in [0.1, 0.15) is 0 Å². The summed E-state index contributed by atoms with van der Waals surface area (Å²) in [7, 11) is 0. The molecule has 0 saturated carbocycles. The van der Waals surface area contributed by atoms with Crippen LogP contribution in [0.25, 0.3) is 0 Å². The van der Waals surface area contributed by atoms with Crippen LogP contribution >= 0.6 is 15.9 Å². The number of carbonyl (C=O) groups excluding carboxylic acids is 1. The van der Waals surface area contributed by atoms with Gasteiger partial charge in [-0.05, 0) is 33.0 Å². The van der Waals surface area contributed by atoms with Crippen LogP contribution in [-0.2, 0) is 11.3 Å². The zero-order valence-electron chi connectivity index (χ0n) is 9.49. The van der Waals surface area contributed by atoms with E-state index in [0.29, 0.717) is 5.69 Å². The number of hydrogen-bond acceptors (Lipinski definition) is 5. The molecule has 0 aliphatic carbocycles. The van der Waals surface area contributed by atoms with Gasteiger partial charge in [0.1, 0.15) is 6.54 Å². The van der Waals surface area contributed by atoms with E-state index in [1.54, 1.807) is 18.2 Å². The van der Waals surface area contributed by atoms with Gasteiger partial charge in [0, 0.05) is 9.57 Å². The molecule has 0 saturated heterocycles. The third-order valence-corrected chi connectivity index (χ3v) is 2.83. The van der Waals surface area contributed by atoms with E-state index in [2.05, 4.69) is 31.3 Å². The molecule has 98 valence electrons. The quantitative estimate of drug-likeness (QED) is 0.679. The molecule has 0 spiro atoms. The fourth-order valence-corrected chi connectivity index (χ4v) is 1.73. The summed E-state index contributed by atoms with van der Waals surface area (Å²) in [5.41, 5.74) is 0.613. The first-order chi connectivity index (χ1) is 9.06. The molecule has 8 nitrogen and oxygen atoms in total. The highest BCUT2D eigenvalue weighted by Crippen LogP contribution is 2.20. The first kappa shape index (κ1) is 13.1. The minimum Gasteiger partial charge on any atom is -0.390 e. The predicted octanol–water partition coefficient (Wildman–Crippen LogP) is 1.59. The number of anilines is 1. The van der Waals surface area contributed by atoms with Crippen LogP contribution in [0.4, 0.5) is 11.6 Å². The Balaban J connectivity index is 2.01. The van der Waals surface area contributed by atoms with Crippen LogP contribution in [0.2, 0.25) is 0 Å². The van der Waals surface area contributed by atoms with Crippen molar-refractivity contribution in [1.29, 1.82) is 0 Å². The predicted molar refractivity (Wildman–Crippen MR) is 69.4 cm³/mol. The van der Waals surface area contributed by atoms with Gasteiger partial charge in [-0.3, -0.25) is 4.79 Å². The number of benzene rings is 1. The minimum atomic E-state index is -0.720. The summed E-state index contributed by atoms with van der Waals surface area (Å²) in [6.45, 7) is -0.151. The number of para-hydroxylation sites is 1. The smallest absolute Gasteiger partial charge is 0.390 e. The van der Waals surface area contributed by atoms with E-state index in [4.69, 9.17) is 0 Å². The topological polar surface area (TPSA) is 103 Å². The van der Waals surface area contributed by atoms with Gasteiger partial charge in [-0.1, -0.05) is 17.1 Å². The molecule has 2 aromatic rings. The number of aromatic nitrogens is 3. The molecule has 1 N–H and O–H groups in total. The maximum atomic E-state index is 11.7. The lowest BCUT2D eigenvalue weighted by molar-refractivity contribution is -0.394. The Labute approximate surface area is 115 Å². The lowest BCUT2D eigenvalue weighted by Gasteiger charge is -2.05. The van der Waals surface area contributed by atoms with Crippen LogP contribution in [0.3, 0.4) is 0 Å². The van der Waals surface area contributed by atoms with Crippen molar-refractivity contribution in [2.75, 3.05) is 5.32 Å². The van der Waals surface area contributed by atoms with Crippen LogP contribution < -0.4 is 5.32 Å². The summed E-state index contributed by atoms with van der Waals surface area (Å²) in [5.74, 6) is -0.889. The molecule has 1 heterocycles. The molecule has 2 rings (SSSR count). The summed E-state index contributed by atoms with van der Waals surface area (Å²) < 4.78 is 1.84. The number of nitrogens with zero attached hydrogens (tertiary/aromatic N) is 4. The molecule has 1 aromatic heterocycles. The van der Waals surface area contributed by atoms with Gasteiger partial charge in [-0.15, -0.1) is 0 Å². The first-order valence-corrected chi connectivity index (χ1v) is 5.94. The molecule has 9 heteroatoms. The van der Waals surface area contributed by atoms with Crippen molar-refractivity contribution in [2.45, 2.75) is 6.54 Å². The van der Waals surface area contributed by atoms with E-state index in [0.717, 1.165) is 15.5 Å². The SMILES string of the molecule is O=C(Cn1cnc([N+](=O)[O-])n1)Nc1ccccc1Br. The zero-order chi connectivity index (χ0) is 13.8. The monoisotopic (exact) mass is 325 g/mol. The van der Waals surface area contributed by atoms with Gasteiger partial charge in [0.25, 0.3) is 0 Å². The fourth-order valence-electron chi connectivity index (χ4n) is 1.34. The highest BCUT2D eigenvalue weighted by atomic mass is 79.9. The maximum absolute atomic E-state index is 11.7. The van der Waals surface area contributed by atoms with Crippen molar-refractivity contribution < 1.29 is 9.72 Å². The largest absolute Gasteiger partial charge is 0.490 e. The Morgan fingerprint density at radius 1 is 1.47 bits per heavy atom. The Morgan fingerprint density at radius 3 is 2.84 bits per heavy atom. The maximum Gasteiger partial charge on any atom is 0.490 e. The van der Waals surface area contributed by atoms with Gasteiger partial charge >= 0.3 is 5.95 Å². The first-order valence-electron chi connectivity index (χ1n) is 5.14. The molecule has 1 aromatic carbocycles. The highest BCUT2D eigenvalue weighted by Gasteiger charge is 2.15. The lowest BCUT2D eigenvalue weighted by atomic mass is 10.3. The van der Waals surface area contributed by atoms with E-state index >= 15 is 0 Å². The van der Waals surface area contributed by atoms with Crippen LogP contribution in [0.15, 0.2) is 35.1 Å². The molecule has 0 aliphatic rings. The summed E-state index contributed by atoms with van der Waals surface area (Å²) in [6, 6.07) is 7.11. The molecule has 0 bridgehead atoms. The van der Waals surface area contributed by atoms with Crippen LogP contribution in [0, 0.1) is 10.1 Å². The van der Waals surface area contributed by atoms with Crippen molar-refractivity contribution in [3.63, 3.8) is 0 Å². The van der Waals surface area contributed by atoms with E-state index in [1.165, 1.54) is 0 Å². The van der Waals surface area contributed by atoms with Crippen LogP contribution in [0.5, 0.6) is 0 Å². The third-order valence-electron chi connectivity index (χ3n) is 2.14. The molecule has 0 unspecified atom stereocenters.